The second kappa shape index (κ2) is 4.77. The molecule has 2 rings (SSSR count). The Morgan fingerprint density at radius 1 is 1.53 bits per heavy atom. The lowest BCUT2D eigenvalue weighted by Crippen LogP contribution is -1.85. The van der Waals surface area contributed by atoms with E-state index in [1.165, 1.54) is 8.93 Å². The van der Waals surface area contributed by atoms with Gasteiger partial charge in [0.25, 0.3) is 6.01 Å². The van der Waals surface area contributed by atoms with Gasteiger partial charge in [-0.1, -0.05) is 5.92 Å². The van der Waals surface area contributed by atoms with E-state index >= 15 is 0 Å². The van der Waals surface area contributed by atoms with Gasteiger partial charge in [0.2, 0.25) is 0 Å². The number of nitrogens with one attached hydrogen (secondary N) is 1. The normalized spacial score (nSPS) is 9.73. The molecule has 5 heteroatoms. The number of aromatic nitrogens is 1. The van der Waals surface area contributed by atoms with Gasteiger partial charge in [-0.25, -0.2) is 0 Å². The Hall–Kier alpha value is -0.870. The Kier molecular flexibility index (Phi) is 3.38. The van der Waals surface area contributed by atoms with Crippen LogP contribution in [0, 0.1) is 11.2 Å². The molecule has 0 radical (unpaired) electrons. The summed E-state index contributed by atoms with van der Waals surface area (Å²) in [6.07, 6.45) is 0. The summed E-state index contributed by atoms with van der Waals surface area (Å²) in [5.74, 6) is 3.02. The van der Waals surface area contributed by atoms with Crippen molar-refractivity contribution in [3.63, 3.8) is 0 Å². The number of fused-ring (bicyclic) bond motifs is 1. The molecule has 0 aliphatic carbocycles. The molecule has 0 aliphatic rings. The van der Waals surface area contributed by atoms with Gasteiger partial charge < -0.3 is 9.73 Å². The Morgan fingerprint density at radius 3 is 3.13 bits per heavy atom. The van der Waals surface area contributed by atoms with Gasteiger partial charge in [-0.2, -0.15) is 4.98 Å². The van der Waals surface area contributed by atoms with E-state index in [4.69, 9.17) is 4.42 Å². The first-order chi connectivity index (χ1) is 7.33. The minimum absolute atomic E-state index is 0.526. The Labute approximate surface area is 104 Å². The Bertz CT molecular complexity index is 541. The molecule has 76 valence electrons. The summed E-state index contributed by atoms with van der Waals surface area (Å²) in [7, 11) is 3.24. The second-order valence-electron chi connectivity index (χ2n) is 2.76. The molecule has 1 aromatic heterocycles. The van der Waals surface area contributed by atoms with Crippen molar-refractivity contribution in [1.29, 1.82) is 0 Å². The highest BCUT2D eigenvalue weighted by molar-refractivity contribution is 14.2. The standard InChI is InChI=1S/C10H7IN2OS/c1-12-10-13-8-6-7(4-5-15-11)2-3-9(8)14-10/h2-3,6H,1H3,(H,12,13). The van der Waals surface area contributed by atoms with Crippen LogP contribution in [-0.2, 0) is 0 Å². The topological polar surface area (TPSA) is 38.1 Å². The molecule has 1 heterocycles. The van der Waals surface area contributed by atoms with E-state index < -0.39 is 0 Å². The SMILES string of the molecule is CNc1nc2cc(C#CSI)ccc2o1. The number of halogens is 1. The highest BCUT2D eigenvalue weighted by Crippen LogP contribution is 2.19. The fourth-order valence-electron chi connectivity index (χ4n) is 1.19. The van der Waals surface area contributed by atoms with E-state index in [9.17, 15) is 0 Å². The van der Waals surface area contributed by atoms with Crippen LogP contribution in [0.3, 0.4) is 0 Å². The summed E-state index contributed by atoms with van der Waals surface area (Å²) < 4.78 is 5.40. The molecule has 0 bridgehead atoms. The summed E-state index contributed by atoms with van der Waals surface area (Å²) in [5.41, 5.74) is 2.54. The van der Waals surface area contributed by atoms with Crippen LogP contribution in [0.25, 0.3) is 11.1 Å². The molecule has 0 fully saturated rings. The third-order valence-corrected chi connectivity index (χ3v) is 2.68. The fourth-order valence-corrected chi connectivity index (χ4v) is 1.68. The van der Waals surface area contributed by atoms with E-state index in [0.717, 1.165) is 16.7 Å². The predicted molar refractivity (Wildman–Crippen MR) is 72.0 cm³/mol. The zero-order valence-electron chi connectivity index (χ0n) is 7.87. The largest absolute Gasteiger partial charge is 0.424 e. The maximum Gasteiger partial charge on any atom is 0.295 e. The van der Waals surface area contributed by atoms with Crippen LogP contribution in [-0.4, -0.2) is 12.0 Å². The summed E-state index contributed by atoms with van der Waals surface area (Å²) in [6, 6.07) is 6.25. The number of benzene rings is 1. The van der Waals surface area contributed by atoms with E-state index in [-0.39, 0.29) is 0 Å². The first-order valence-electron chi connectivity index (χ1n) is 4.20. The van der Waals surface area contributed by atoms with E-state index in [1.54, 1.807) is 7.05 Å². The van der Waals surface area contributed by atoms with Crippen molar-refractivity contribution in [2.24, 2.45) is 0 Å². The molecule has 1 aromatic carbocycles. The second-order valence-corrected chi connectivity index (χ2v) is 4.44. The lowest BCUT2D eigenvalue weighted by molar-refractivity contribution is 0.620. The predicted octanol–water partition coefficient (Wildman–Crippen LogP) is 3.26. The van der Waals surface area contributed by atoms with Gasteiger partial charge in [-0.15, -0.1) is 0 Å². The molecule has 0 amide bonds. The smallest absolute Gasteiger partial charge is 0.295 e. The minimum Gasteiger partial charge on any atom is -0.424 e. The maximum absolute atomic E-state index is 5.40. The van der Waals surface area contributed by atoms with Crippen molar-refractivity contribution in [2.45, 2.75) is 0 Å². The van der Waals surface area contributed by atoms with Crippen LogP contribution in [0.2, 0.25) is 0 Å². The van der Waals surface area contributed by atoms with Crippen LogP contribution in [0.15, 0.2) is 22.6 Å². The molecule has 3 nitrogen and oxygen atoms in total. The number of rotatable bonds is 1. The molecule has 0 spiro atoms. The fraction of sp³-hybridized carbons (Fsp3) is 0.100. The van der Waals surface area contributed by atoms with Crippen molar-refractivity contribution in [1.82, 2.24) is 4.98 Å². The first-order valence-corrected chi connectivity index (χ1v) is 7.56. The molecular formula is C10H7IN2OS. The minimum atomic E-state index is 0.526. The zero-order valence-corrected chi connectivity index (χ0v) is 10.8. The van der Waals surface area contributed by atoms with Gasteiger partial charge in [-0.3, -0.25) is 0 Å². The lowest BCUT2D eigenvalue weighted by atomic mass is 10.2. The monoisotopic (exact) mass is 330 g/mol. The number of hydrogen-bond acceptors (Lipinski definition) is 4. The number of nitrogens with zero attached hydrogens (tertiary/aromatic N) is 1. The Morgan fingerprint density at radius 2 is 2.40 bits per heavy atom. The van der Waals surface area contributed by atoms with Crippen molar-refractivity contribution < 1.29 is 4.42 Å². The van der Waals surface area contributed by atoms with Crippen molar-refractivity contribution in [2.75, 3.05) is 12.4 Å². The molecule has 1 N–H and O–H groups in total. The summed E-state index contributed by atoms with van der Waals surface area (Å²) in [5, 5.41) is 5.79. The summed E-state index contributed by atoms with van der Waals surface area (Å²) in [6.45, 7) is 0. The Balaban J connectivity index is 2.46. The maximum atomic E-state index is 5.40. The van der Waals surface area contributed by atoms with Crippen molar-refractivity contribution >= 4 is 47.3 Å². The van der Waals surface area contributed by atoms with Crippen LogP contribution in [0.5, 0.6) is 0 Å². The van der Waals surface area contributed by atoms with Crippen LogP contribution in [0.1, 0.15) is 5.56 Å². The van der Waals surface area contributed by atoms with Gasteiger partial charge in [-0.05, 0) is 32.4 Å². The van der Waals surface area contributed by atoms with Gasteiger partial charge >= 0.3 is 0 Å². The van der Waals surface area contributed by atoms with Crippen LogP contribution in [0.4, 0.5) is 6.01 Å². The highest BCUT2D eigenvalue weighted by Gasteiger charge is 2.03. The first kappa shape index (κ1) is 10.6. The van der Waals surface area contributed by atoms with E-state index in [1.807, 2.05) is 18.2 Å². The molecule has 15 heavy (non-hydrogen) atoms. The zero-order chi connectivity index (χ0) is 10.7. The lowest BCUT2D eigenvalue weighted by Gasteiger charge is -1.87. The van der Waals surface area contributed by atoms with Gasteiger partial charge in [0.15, 0.2) is 5.58 Å². The molecule has 0 aliphatic heterocycles. The molecule has 0 saturated heterocycles. The number of oxazole rings is 1. The third-order valence-electron chi connectivity index (χ3n) is 1.84. The van der Waals surface area contributed by atoms with E-state index in [2.05, 4.69) is 42.7 Å². The quantitative estimate of drug-likeness (QED) is 0.643. The molecule has 0 saturated carbocycles. The average molecular weight is 330 g/mol. The van der Waals surface area contributed by atoms with Crippen LogP contribution < -0.4 is 5.32 Å². The average Bonchev–Trinajstić information content (AvgIpc) is 2.68. The molecule has 0 unspecified atom stereocenters. The van der Waals surface area contributed by atoms with Crippen molar-refractivity contribution in [3.8, 4) is 11.2 Å². The van der Waals surface area contributed by atoms with Gasteiger partial charge in [0, 0.05) is 33.8 Å². The molecule has 2 aromatic rings. The highest BCUT2D eigenvalue weighted by atomic mass is 127. The van der Waals surface area contributed by atoms with Crippen molar-refractivity contribution in [3.05, 3.63) is 23.8 Å². The molecular weight excluding hydrogens is 323 g/mol. The summed E-state index contributed by atoms with van der Waals surface area (Å²) >= 11 is 2.14. The number of anilines is 1. The van der Waals surface area contributed by atoms with Crippen LogP contribution >= 0.6 is 30.1 Å². The third kappa shape index (κ3) is 2.38. The summed E-state index contributed by atoms with van der Waals surface area (Å²) in [4.78, 5) is 4.25. The molecule has 0 atom stereocenters. The van der Waals surface area contributed by atoms with Gasteiger partial charge in [0.1, 0.15) is 5.52 Å². The van der Waals surface area contributed by atoms with E-state index in [0.29, 0.717) is 6.01 Å². The van der Waals surface area contributed by atoms with Gasteiger partial charge in [0.05, 0.1) is 0 Å². The number of hydrogen-bond donors (Lipinski definition) is 1.